The Morgan fingerprint density at radius 3 is 2.36 bits per heavy atom. The molecule has 4 heteroatoms. The van der Waals surface area contributed by atoms with Gasteiger partial charge in [-0.1, -0.05) is 34.1 Å². The molecule has 2 aromatic heterocycles. The zero-order chi connectivity index (χ0) is 18.2. The van der Waals surface area contributed by atoms with Crippen molar-refractivity contribution in [2.75, 3.05) is 6.61 Å². The molecule has 0 radical (unpaired) electrons. The number of aryl methyl sites for hydroxylation is 2. The summed E-state index contributed by atoms with van der Waals surface area (Å²) < 4.78 is 10.6. The number of hydrogen-bond acceptors (Lipinski definition) is 2. The predicted octanol–water partition coefficient (Wildman–Crippen LogP) is 5.11. The molecule has 0 aromatic carbocycles. The van der Waals surface area contributed by atoms with E-state index in [9.17, 15) is 0 Å². The van der Waals surface area contributed by atoms with Crippen molar-refractivity contribution in [3.8, 4) is 5.82 Å². The zero-order valence-corrected chi connectivity index (χ0v) is 16.7. The molecule has 0 bridgehead atoms. The van der Waals surface area contributed by atoms with Crippen LogP contribution < -0.4 is 0 Å². The fraction of sp³-hybridized carbons (Fsp3) is 0.667. The highest BCUT2D eigenvalue weighted by Crippen LogP contribution is 2.38. The summed E-state index contributed by atoms with van der Waals surface area (Å²) in [5.74, 6) is 1.20. The Kier molecular flexibility index (Phi) is 5.10. The molecule has 25 heavy (non-hydrogen) atoms. The maximum absolute atomic E-state index is 5.97. The van der Waals surface area contributed by atoms with Gasteiger partial charge < -0.3 is 9.30 Å². The molecule has 0 spiro atoms. The van der Waals surface area contributed by atoms with Crippen LogP contribution in [0.5, 0.6) is 0 Å². The van der Waals surface area contributed by atoms with Gasteiger partial charge in [-0.3, -0.25) is 0 Å². The van der Waals surface area contributed by atoms with Crippen molar-refractivity contribution < 1.29 is 4.74 Å². The Morgan fingerprint density at radius 1 is 1.16 bits per heavy atom. The van der Waals surface area contributed by atoms with Crippen molar-refractivity contribution in [2.45, 2.75) is 84.8 Å². The second kappa shape index (κ2) is 6.99. The van der Waals surface area contributed by atoms with Crippen LogP contribution >= 0.6 is 0 Å². The molecule has 0 saturated heterocycles. The van der Waals surface area contributed by atoms with E-state index in [2.05, 4.69) is 69.0 Å². The van der Waals surface area contributed by atoms with Gasteiger partial charge in [0.05, 0.1) is 17.8 Å². The normalized spacial score (nSPS) is 20.7. The van der Waals surface area contributed by atoms with E-state index in [1.807, 2.05) is 0 Å². The highest BCUT2D eigenvalue weighted by molar-refractivity contribution is 5.36. The molecule has 1 aliphatic rings. The number of hydrogen-bond donors (Lipinski definition) is 0. The Labute approximate surface area is 152 Å². The lowest BCUT2D eigenvalue weighted by Gasteiger charge is -2.36. The first-order valence-corrected chi connectivity index (χ1v) is 9.68. The summed E-state index contributed by atoms with van der Waals surface area (Å²) in [4.78, 5) is 0. The van der Waals surface area contributed by atoms with Crippen molar-refractivity contribution in [2.24, 2.45) is 0 Å². The maximum atomic E-state index is 5.97. The number of ether oxygens (including phenoxy) is 1. The van der Waals surface area contributed by atoms with E-state index in [1.165, 1.54) is 23.6 Å². The Morgan fingerprint density at radius 2 is 1.80 bits per heavy atom. The van der Waals surface area contributed by atoms with Crippen LogP contribution in [0.1, 0.15) is 76.5 Å². The summed E-state index contributed by atoms with van der Waals surface area (Å²) in [5.41, 5.74) is 3.73. The minimum Gasteiger partial charge on any atom is -0.378 e. The van der Waals surface area contributed by atoms with E-state index in [4.69, 9.17) is 9.84 Å². The molecule has 1 fully saturated rings. The lowest BCUT2D eigenvalue weighted by atomic mass is 9.89. The predicted molar refractivity (Wildman–Crippen MR) is 103 cm³/mol. The minimum atomic E-state index is 0.0513. The van der Waals surface area contributed by atoms with Crippen LogP contribution in [0.2, 0.25) is 0 Å². The van der Waals surface area contributed by atoms with Crippen molar-refractivity contribution >= 4 is 0 Å². The van der Waals surface area contributed by atoms with Gasteiger partial charge in [-0.2, -0.15) is 5.10 Å². The van der Waals surface area contributed by atoms with Crippen LogP contribution in [0.4, 0.5) is 0 Å². The van der Waals surface area contributed by atoms with E-state index in [1.54, 1.807) is 0 Å². The quantitative estimate of drug-likeness (QED) is 0.683. The van der Waals surface area contributed by atoms with E-state index in [0.29, 0.717) is 12.1 Å². The van der Waals surface area contributed by atoms with Gasteiger partial charge in [0.15, 0.2) is 0 Å². The molecule has 138 valence electrons. The van der Waals surface area contributed by atoms with Crippen molar-refractivity contribution in [1.82, 2.24) is 14.3 Å². The molecule has 0 atom stereocenters. The molecule has 1 saturated carbocycles. The first kappa shape index (κ1) is 18.2. The van der Waals surface area contributed by atoms with Gasteiger partial charge in [0, 0.05) is 29.5 Å². The molecule has 2 aromatic rings. The van der Waals surface area contributed by atoms with Crippen LogP contribution in [0.15, 0.2) is 18.2 Å². The molecule has 4 nitrogen and oxygen atoms in total. The van der Waals surface area contributed by atoms with Gasteiger partial charge in [-0.15, -0.1) is 0 Å². The number of nitrogens with zero attached hydrogens (tertiary/aromatic N) is 3. The molecule has 0 aliphatic heterocycles. The Balaban J connectivity index is 1.85. The van der Waals surface area contributed by atoms with E-state index >= 15 is 0 Å². The van der Waals surface area contributed by atoms with Crippen LogP contribution in [0.25, 0.3) is 5.82 Å². The summed E-state index contributed by atoms with van der Waals surface area (Å²) in [6.07, 6.45) is 4.89. The lowest BCUT2D eigenvalue weighted by Crippen LogP contribution is -2.35. The molecule has 0 unspecified atom stereocenters. The summed E-state index contributed by atoms with van der Waals surface area (Å²) >= 11 is 0. The summed E-state index contributed by atoms with van der Waals surface area (Å²) in [7, 11) is 0. The van der Waals surface area contributed by atoms with E-state index < -0.39 is 0 Å². The highest BCUT2D eigenvalue weighted by atomic mass is 16.5. The summed E-state index contributed by atoms with van der Waals surface area (Å²) in [6, 6.07) is 7.08. The third kappa shape index (κ3) is 3.69. The standard InChI is InChI=1S/C21H33N3O/c1-7-8-11-25-18-12-17(13-18)24-20(14-19(22-24)21(4,5)6)23-15(2)9-10-16(23)3/h9-10,14,17-18H,7-8,11-13H2,1-6H3/t17-,18-. The largest absolute Gasteiger partial charge is 0.378 e. The zero-order valence-electron chi connectivity index (χ0n) is 16.7. The molecule has 0 amide bonds. The van der Waals surface area contributed by atoms with Crippen LogP contribution in [-0.2, 0) is 10.2 Å². The van der Waals surface area contributed by atoms with Gasteiger partial charge in [-0.25, -0.2) is 4.68 Å². The fourth-order valence-corrected chi connectivity index (χ4v) is 3.48. The first-order chi connectivity index (χ1) is 11.8. The number of unbranched alkanes of at least 4 members (excludes halogenated alkanes) is 1. The lowest BCUT2D eigenvalue weighted by molar-refractivity contribution is -0.0298. The molecule has 3 rings (SSSR count). The summed E-state index contributed by atoms with van der Waals surface area (Å²) in [6.45, 7) is 14.1. The topological polar surface area (TPSA) is 32.0 Å². The highest BCUT2D eigenvalue weighted by Gasteiger charge is 2.35. The molecule has 0 N–H and O–H groups in total. The fourth-order valence-electron chi connectivity index (χ4n) is 3.48. The van der Waals surface area contributed by atoms with E-state index in [0.717, 1.165) is 31.6 Å². The van der Waals surface area contributed by atoms with Crippen LogP contribution in [0.3, 0.4) is 0 Å². The van der Waals surface area contributed by atoms with Crippen LogP contribution in [0, 0.1) is 13.8 Å². The van der Waals surface area contributed by atoms with Crippen LogP contribution in [-0.4, -0.2) is 27.1 Å². The Hall–Kier alpha value is -1.55. The van der Waals surface area contributed by atoms with Gasteiger partial charge in [0.2, 0.25) is 0 Å². The van der Waals surface area contributed by atoms with Gasteiger partial charge in [0.25, 0.3) is 0 Å². The minimum absolute atomic E-state index is 0.0513. The molecular weight excluding hydrogens is 310 g/mol. The van der Waals surface area contributed by atoms with Gasteiger partial charge >= 0.3 is 0 Å². The monoisotopic (exact) mass is 343 g/mol. The summed E-state index contributed by atoms with van der Waals surface area (Å²) in [5, 5.41) is 5.01. The average molecular weight is 344 g/mol. The molecule has 2 heterocycles. The Bertz CT molecular complexity index is 695. The second-order valence-electron chi connectivity index (χ2n) is 8.51. The van der Waals surface area contributed by atoms with Crippen molar-refractivity contribution in [1.29, 1.82) is 0 Å². The maximum Gasteiger partial charge on any atom is 0.135 e. The smallest absolute Gasteiger partial charge is 0.135 e. The van der Waals surface area contributed by atoms with Crippen molar-refractivity contribution in [3.63, 3.8) is 0 Å². The molecule has 1 aliphatic carbocycles. The second-order valence-corrected chi connectivity index (χ2v) is 8.51. The number of rotatable bonds is 6. The first-order valence-electron chi connectivity index (χ1n) is 9.68. The SMILES string of the molecule is CCCCO[C@H]1C[C@H](n2nc(C(C)(C)C)cc2-n2c(C)ccc2C)C1. The molecular formula is C21H33N3O. The third-order valence-electron chi connectivity index (χ3n) is 5.25. The van der Waals surface area contributed by atoms with E-state index in [-0.39, 0.29) is 5.41 Å². The van der Waals surface area contributed by atoms with Gasteiger partial charge in [-0.05, 0) is 45.2 Å². The average Bonchev–Trinajstić information content (AvgIpc) is 3.05. The number of aromatic nitrogens is 3. The third-order valence-corrected chi connectivity index (χ3v) is 5.25. The van der Waals surface area contributed by atoms with Crippen molar-refractivity contribution in [3.05, 3.63) is 35.3 Å². The van der Waals surface area contributed by atoms with Gasteiger partial charge in [0.1, 0.15) is 5.82 Å².